The van der Waals surface area contributed by atoms with Gasteiger partial charge in [0, 0.05) is 33.8 Å². The molecule has 98 valence electrons. The van der Waals surface area contributed by atoms with Crippen molar-refractivity contribution in [3.63, 3.8) is 0 Å². The van der Waals surface area contributed by atoms with Crippen molar-refractivity contribution < 1.29 is 18.1 Å². The van der Waals surface area contributed by atoms with Crippen molar-refractivity contribution in [2.75, 3.05) is 27.9 Å². The Labute approximate surface area is 98.8 Å². The van der Waals surface area contributed by atoms with Crippen molar-refractivity contribution in [2.45, 2.75) is 25.3 Å². The minimum Gasteiger partial charge on any atom is -0.386 e. The van der Waals surface area contributed by atoms with Crippen molar-refractivity contribution in [2.24, 2.45) is 0 Å². The molecule has 0 saturated heterocycles. The average molecular weight is 515 g/mol. The SMILES string of the molecule is [CH2-]CNC(=O)CCCC[Si](OC)(OC)OC.[Rf]. The van der Waals surface area contributed by atoms with Gasteiger partial charge in [0.05, 0.1) is 0 Å². The van der Waals surface area contributed by atoms with Crippen LogP contribution in [0.2, 0.25) is 6.04 Å². The summed E-state index contributed by atoms with van der Waals surface area (Å²) in [6.45, 7) is 3.98. The van der Waals surface area contributed by atoms with Crippen molar-refractivity contribution in [1.29, 1.82) is 0 Å². The number of nitrogens with one attached hydrogen (secondary N) is 1. The number of hydrogen-bond donors (Lipinski definition) is 1. The summed E-state index contributed by atoms with van der Waals surface area (Å²) in [7, 11) is 2.32. The van der Waals surface area contributed by atoms with E-state index in [4.69, 9.17) is 13.3 Å². The quantitative estimate of drug-likeness (QED) is 0.283. The van der Waals surface area contributed by atoms with E-state index in [9.17, 15) is 4.79 Å². The Bertz CT molecular complexity index is 194. The van der Waals surface area contributed by atoms with E-state index >= 15 is 0 Å². The van der Waals surface area contributed by atoms with E-state index in [-0.39, 0.29) is 5.91 Å². The Balaban J connectivity index is 0. The summed E-state index contributed by atoms with van der Waals surface area (Å²) >= 11 is 0. The van der Waals surface area contributed by atoms with Gasteiger partial charge in [-0.1, -0.05) is 0 Å². The summed E-state index contributed by atoms with van der Waals surface area (Å²) in [6.07, 6.45) is 2.17. The molecule has 7 heteroatoms. The molecule has 0 atom stereocenters. The fourth-order valence-electron chi connectivity index (χ4n) is 1.41. The number of hydrogen-bond acceptors (Lipinski definition) is 4. The number of carbonyl (C=O) groups is 1. The molecule has 0 rings (SSSR count). The van der Waals surface area contributed by atoms with Crippen LogP contribution in [-0.2, 0) is 18.1 Å². The van der Waals surface area contributed by atoms with Crippen molar-refractivity contribution in [3.05, 3.63) is 6.92 Å². The zero-order chi connectivity index (χ0) is 12.4. The molecule has 0 spiro atoms. The Morgan fingerprint density at radius 2 is 1.71 bits per heavy atom. The predicted molar refractivity (Wildman–Crippen MR) is 63.8 cm³/mol. The minimum absolute atomic E-state index is 0. The van der Waals surface area contributed by atoms with Crippen molar-refractivity contribution in [1.82, 2.24) is 5.32 Å². The van der Waals surface area contributed by atoms with Gasteiger partial charge in [-0.25, -0.2) is 0 Å². The van der Waals surface area contributed by atoms with Crippen LogP contribution < -0.4 is 5.32 Å². The van der Waals surface area contributed by atoms with Gasteiger partial charge in [0.1, 0.15) is 0 Å². The topological polar surface area (TPSA) is 56.8 Å². The van der Waals surface area contributed by atoms with Crippen LogP contribution in [0.25, 0.3) is 0 Å². The van der Waals surface area contributed by atoms with Gasteiger partial charge in [-0.2, -0.15) is 0 Å². The van der Waals surface area contributed by atoms with E-state index in [1.165, 1.54) is 0 Å². The second-order valence-corrected chi connectivity index (χ2v) is 6.44. The zero-order valence-corrected chi connectivity index (χ0v) is 18.5. The van der Waals surface area contributed by atoms with Gasteiger partial charge in [0.25, 0.3) is 0 Å². The van der Waals surface area contributed by atoms with Crippen LogP contribution in [0.15, 0.2) is 0 Å². The van der Waals surface area contributed by atoms with E-state index in [1.54, 1.807) is 21.3 Å². The third-order valence-corrected chi connectivity index (χ3v) is 5.22. The molecule has 0 aromatic heterocycles. The maximum absolute atomic E-state index is 11.1. The van der Waals surface area contributed by atoms with Crippen LogP contribution in [-0.4, -0.2) is 42.6 Å². The third kappa shape index (κ3) is 6.67. The Kier molecular flexibility index (Phi) is 10.3. The second kappa shape index (κ2) is 9.77. The minimum atomic E-state index is -2.45. The molecule has 0 aromatic rings. The molecule has 0 aliphatic rings. The fraction of sp³-hybridized carbons (Fsp3) is 0.800. The Morgan fingerprint density at radius 1 is 1.18 bits per heavy atom. The van der Waals surface area contributed by atoms with Gasteiger partial charge in [-0.3, -0.25) is 4.79 Å². The molecule has 17 heavy (non-hydrogen) atoms. The summed E-state index contributed by atoms with van der Waals surface area (Å²) < 4.78 is 15.8. The van der Waals surface area contributed by atoms with E-state index in [0.717, 1.165) is 18.9 Å². The predicted octanol–water partition coefficient (Wildman–Crippen LogP) is 0.985. The van der Waals surface area contributed by atoms with E-state index < -0.39 is 8.80 Å². The van der Waals surface area contributed by atoms with Crippen LogP contribution in [0.1, 0.15) is 19.3 Å². The number of rotatable bonds is 9. The molecule has 1 amide bonds. The van der Waals surface area contributed by atoms with Crippen molar-refractivity contribution >= 4 is 14.7 Å². The molecular formula is C10H22NO4RfSi-. The monoisotopic (exact) mass is 515 g/mol. The number of carbonyl (C=O) groups excluding carboxylic acids is 1. The van der Waals surface area contributed by atoms with Gasteiger partial charge in [0.15, 0.2) is 0 Å². The van der Waals surface area contributed by atoms with Crippen LogP contribution in [0.3, 0.4) is 0 Å². The second-order valence-electron chi connectivity index (χ2n) is 3.35. The summed E-state index contributed by atoms with van der Waals surface area (Å²) in [5.74, 6) is 0.0366. The molecule has 0 unspecified atom stereocenters. The molecule has 0 fully saturated rings. The standard InChI is InChI=1S/C10H22NO4Si.Rf/c1-5-11-10(12)8-6-7-9-16(13-2,14-3)15-4;/h1,5-9H2,2-4H3,(H,11,12);/q-1;. The smallest absolute Gasteiger partial charge is 0.386 e. The molecule has 0 heterocycles. The fourth-order valence-corrected chi connectivity index (χ4v) is 3.21. The summed E-state index contributed by atoms with van der Waals surface area (Å²) in [5.41, 5.74) is 0. The molecule has 1 N–H and O–H groups in total. The van der Waals surface area contributed by atoms with Crippen LogP contribution in [0, 0.1) is 6.92 Å². The van der Waals surface area contributed by atoms with Gasteiger partial charge >= 0.3 is 8.80 Å². The molecule has 5 nitrogen and oxygen atoms in total. The first-order valence-corrected chi connectivity index (χ1v) is 7.28. The first-order valence-electron chi connectivity index (χ1n) is 5.35. The van der Waals surface area contributed by atoms with E-state index in [2.05, 4.69) is 12.2 Å². The van der Waals surface area contributed by atoms with Crippen molar-refractivity contribution in [3.8, 4) is 0 Å². The Hall–Kier alpha value is -1.43. The maximum atomic E-state index is 11.1. The first kappa shape index (κ1) is 17.9. The van der Waals surface area contributed by atoms with Gasteiger partial charge in [0.2, 0.25) is 5.91 Å². The molecular weight excluding hydrogens is 493 g/mol. The number of unbranched alkanes of at least 4 members (excludes halogenated alkanes) is 1. The van der Waals surface area contributed by atoms with Crippen LogP contribution >= 0.6 is 0 Å². The van der Waals surface area contributed by atoms with Crippen LogP contribution in [0.4, 0.5) is 0 Å². The summed E-state index contributed by atoms with van der Waals surface area (Å²) in [4.78, 5) is 11.1. The van der Waals surface area contributed by atoms with Crippen LogP contribution in [0.5, 0.6) is 0 Å². The third-order valence-electron chi connectivity index (χ3n) is 2.39. The average Bonchev–Trinajstić information content (AvgIpc) is 2.31. The molecule has 0 radical (unpaired) electrons. The van der Waals surface area contributed by atoms with Gasteiger partial charge < -0.3 is 25.5 Å². The number of amides is 1. The molecule has 0 bridgehead atoms. The molecule has 0 aliphatic carbocycles. The zero-order valence-electron chi connectivity index (χ0n) is 11.1. The largest absolute Gasteiger partial charge is 0.500 e. The molecule has 0 saturated carbocycles. The van der Waals surface area contributed by atoms with Gasteiger partial charge in [-0.15, -0.1) is 6.54 Å². The normalized spacial score (nSPS) is 10.8. The molecule has 0 aliphatic heterocycles. The Morgan fingerprint density at radius 3 is 2.12 bits per heavy atom. The molecule has 0 aromatic carbocycles. The first-order chi connectivity index (χ1) is 7.64. The van der Waals surface area contributed by atoms with E-state index in [0.29, 0.717) is 13.0 Å². The summed E-state index contributed by atoms with van der Waals surface area (Å²) in [6, 6.07) is 0.730. The van der Waals surface area contributed by atoms with Gasteiger partial charge in [-0.05, 0) is 12.8 Å². The maximum Gasteiger partial charge on any atom is 0.500 e. The summed E-state index contributed by atoms with van der Waals surface area (Å²) in [5, 5.41) is 2.65. The van der Waals surface area contributed by atoms with E-state index in [1.807, 2.05) is 0 Å².